The molecule has 1 aromatic carbocycles. The number of aromatic hydroxyl groups is 1. The van der Waals surface area contributed by atoms with E-state index in [0.29, 0.717) is 5.75 Å². The van der Waals surface area contributed by atoms with Gasteiger partial charge in [-0.1, -0.05) is 44.9 Å². The molecule has 0 atom stereocenters. The Morgan fingerprint density at radius 3 is 2.56 bits per heavy atom. The molecule has 0 saturated heterocycles. The molecule has 2 N–H and O–H groups in total. The van der Waals surface area contributed by atoms with Crippen molar-refractivity contribution < 1.29 is 5.11 Å². The van der Waals surface area contributed by atoms with Crippen LogP contribution in [0.15, 0.2) is 18.2 Å². The van der Waals surface area contributed by atoms with E-state index in [4.69, 9.17) is 0 Å². The molecule has 1 aromatic rings. The molecule has 0 unspecified atom stereocenters. The summed E-state index contributed by atoms with van der Waals surface area (Å²) in [4.78, 5) is 0. The Morgan fingerprint density at radius 2 is 1.94 bits per heavy atom. The van der Waals surface area contributed by atoms with Gasteiger partial charge in [-0.15, -0.1) is 0 Å². The third-order valence-corrected chi connectivity index (χ3v) is 3.22. The number of aryl methyl sites for hydroxylation is 1. The highest BCUT2D eigenvalue weighted by Gasteiger charge is 2.05. The number of nitrogens with one attached hydrogen (secondary N) is 1. The highest BCUT2D eigenvalue weighted by atomic mass is 16.3. The summed E-state index contributed by atoms with van der Waals surface area (Å²) >= 11 is 0. The van der Waals surface area contributed by atoms with Gasteiger partial charge in [0.1, 0.15) is 5.75 Å². The van der Waals surface area contributed by atoms with Crippen LogP contribution in [0.5, 0.6) is 5.75 Å². The second-order valence-electron chi connectivity index (χ2n) is 4.40. The van der Waals surface area contributed by atoms with Gasteiger partial charge in [-0.2, -0.15) is 0 Å². The van der Waals surface area contributed by atoms with Crippen molar-refractivity contribution in [1.82, 2.24) is 5.32 Å². The van der Waals surface area contributed by atoms with Crippen LogP contribution >= 0.6 is 0 Å². The minimum atomic E-state index is 0.430. The molecule has 1 rings (SSSR count). The molecule has 0 radical (unpaired) electrons. The Bertz CT molecular complexity index is 319. The largest absolute Gasteiger partial charge is 0.507 e. The fourth-order valence-corrected chi connectivity index (χ4v) is 1.85. The molecule has 90 valence electrons. The van der Waals surface area contributed by atoms with Gasteiger partial charge in [0.05, 0.1) is 0 Å². The predicted octanol–water partition coefficient (Wildman–Crippen LogP) is 3.23. The smallest absolute Gasteiger partial charge is 0.122 e. The summed E-state index contributed by atoms with van der Waals surface area (Å²) < 4.78 is 0. The summed E-state index contributed by atoms with van der Waals surface area (Å²) in [5, 5.41) is 13.2. The van der Waals surface area contributed by atoms with E-state index in [9.17, 15) is 5.11 Å². The van der Waals surface area contributed by atoms with Gasteiger partial charge >= 0.3 is 0 Å². The fourth-order valence-electron chi connectivity index (χ4n) is 1.85. The Kier molecular flexibility index (Phi) is 5.33. The Hall–Kier alpha value is -1.02. The van der Waals surface area contributed by atoms with E-state index < -0.39 is 0 Å². The normalized spacial score (nSPS) is 11.0. The number of benzene rings is 1. The number of hydrogen-bond acceptors (Lipinski definition) is 2. The van der Waals surface area contributed by atoms with Crippen molar-refractivity contribution in [3.8, 4) is 5.75 Å². The lowest BCUT2D eigenvalue weighted by Crippen LogP contribution is -2.21. The Morgan fingerprint density at radius 1 is 1.25 bits per heavy atom. The zero-order chi connectivity index (χ0) is 12.0. The molecule has 0 aromatic heterocycles. The van der Waals surface area contributed by atoms with Crippen LogP contribution in [0.3, 0.4) is 0 Å². The van der Waals surface area contributed by atoms with E-state index in [2.05, 4.69) is 19.2 Å². The van der Waals surface area contributed by atoms with Crippen molar-refractivity contribution in [2.45, 2.75) is 40.2 Å². The zero-order valence-corrected chi connectivity index (χ0v) is 10.6. The first-order chi connectivity index (χ1) is 7.69. The lowest BCUT2D eigenvalue weighted by Gasteiger charge is -2.14. The summed E-state index contributed by atoms with van der Waals surface area (Å²) in [6.45, 7) is 8.16. The second-order valence-corrected chi connectivity index (χ2v) is 4.40. The minimum absolute atomic E-state index is 0.430. The van der Waals surface area contributed by atoms with Crippen LogP contribution in [0.2, 0.25) is 0 Å². The maximum Gasteiger partial charge on any atom is 0.122 e. The van der Waals surface area contributed by atoms with Crippen LogP contribution in [0, 0.1) is 12.8 Å². The minimum Gasteiger partial charge on any atom is -0.507 e. The van der Waals surface area contributed by atoms with Crippen molar-refractivity contribution >= 4 is 0 Å². The molecule has 0 aliphatic carbocycles. The van der Waals surface area contributed by atoms with E-state index in [1.54, 1.807) is 0 Å². The van der Waals surface area contributed by atoms with Gasteiger partial charge in [0.15, 0.2) is 0 Å². The lowest BCUT2D eigenvalue weighted by atomic mass is 10.0. The molecule has 16 heavy (non-hydrogen) atoms. The van der Waals surface area contributed by atoms with Gasteiger partial charge in [0, 0.05) is 12.1 Å². The molecule has 2 nitrogen and oxygen atoms in total. The number of hydrogen-bond donors (Lipinski definition) is 2. The van der Waals surface area contributed by atoms with Gasteiger partial charge in [-0.25, -0.2) is 0 Å². The highest BCUT2D eigenvalue weighted by Crippen LogP contribution is 2.21. The quantitative estimate of drug-likeness (QED) is 0.773. The molecular formula is C14H23NO. The lowest BCUT2D eigenvalue weighted by molar-refractivity contribution is 0.436. The summed E-state index contributed by atoms with van der Waals surface area (Å²) in [6.07, 6.45) is 2.42. The van der Waals surface area contributed by atoms with Crippen molar-refractivity contribution in [3.63, 3.8) is 0 Å². The zero-order valence-electron chi connectivity index (χ0n) is 10.6. The van der Waals surface area contributed by atoms with Crippen LogP contribution in [0.1, 0.15) is 37.8 Å². The topological polar surface area (TPSA) is 32.3 Å². The van der Waals surface area contributed by atoms with Crippen molar-refractivity contribution in [2.24, 2.45) is 5.92 Å². The van der Waals surface area contributed by atoms with Crippen molar-refractivity contribution in [2.75, 3.05) is 6.54 Å². The van der Waals surface area contributed by atoms with Gasteiger partial charge in [-0.05, 0) is 24.9 Å². The van der Waals surface area contributed by atoms with Crippen LogP contribution in [-0.2, 0) is 6.54 Å². The van der Waals surface area contributed by atoms with E-state index in [0.717, 1.165) is 30.1 Å². The first-order valence-electron chi connectivity index (χ1n) is 6.17. The fraction of sp³-hybridized carbons (Fsp3) is 0.571. The van der Waals surface area contributed by atoms with E-state index >= 15 is 0 Å². The monoisotopic (exact) mass is 221 g/mol. The molecule has 0 aliphatic rings. The van der Waals surface area contributed by atoms with Gasteiger partial charge < -0.3 is 10.4 Å². The molecule has 0 amide bonds. The van der Waals surface area contributed by atoms with E-state index in [1.165, 1.54) is 12.8 Å². The maximum atomic E-state index is 9.84. The van der Waals surface area contributed by atoms with Crippen LogP contribution < -0.4 is 5.32 Å². The molecule has 0 aliphatic heterocycles. The van der Waals surface area contributed by atoms with Gasteiger partial charge in [0.25, 0.3) is 0 Å². The average molecular weight is 221 g/mol. The van der Waals surface area contributed by atoms with Gasteiger partial charge in [0.2, 0.25) is 0 Å². The van der Waals surface area contributed by atoms with E-state index in [1.807, 2.05) is 25.1 Å². The van der Waals surface area contributed by atoms with Gasteiger partial charge in [-0.3, -0.25) is 0 Å². The third-order valence-electron chi connectivity index (χ3n) is 3.22. The van der Waals surface area contributed by atoms with Crippen molar-refractivity contribution in [1.29, 1.82) is 0 Å². The SMILES string of the molecule is CCC(CC)CNCc1cccc(C)c1O. The molecule has 0 fully saturated rings. The Balaban J connectivity index is 2.46. The van der Waals surface area contributed by atoms with Crippen LogP contribution in [0.4, 0.5) is 0 Å². The standard InChI is InChI=1S/C14H23NO/c1-4-12(5-2)9-15-10-13-8-6-7-11(3)14(13)16/h6-8,12,15-16H,4-5,9-10H2,1-3H3. The van der Waals surface area contributed by atoms with Crippen molar-refractivity contribution in [3.05, 3.63) is 29.3 Å². The second kappa shape index (κ2) is 6.54. The number of rotatable bonds is 6. The Labute approximate surface area is 98.7 Å². The number of para-hydroxylation sites is 1. The summed E-state index contributed by atoms with van der Waals surface area (Å²) in [7, 11) is 0. The average Bonchev–Trinajstić information content (AvgIpc) is 2.30. The number of phenols is 1. The highest BCUT2D eigenvalue weighted by molar-refractivity contribution is 5.39. The summed E-state index contributed by atoms with van der Waals surface area (Å²) in [6, 6.07) is 5.89. The number of phenolic OH excluding ortho intramolecular Hbond substituents is 1. The maximum absolute atomic E-state index is 9.84. The molecular weight excluding hydrogens is 198 g/mol. The molecule has 0 spiro atoms. The first-order valence-corrected chi connectivity index (χ1v) is 6.17. The molecule has 0 heterocycles. The van der Waals surface area contributed by atoms with Crippen LogP contribution in [0.25, 0.3) is 0 Å². The first kappa shape index (κ1) is 13.0. The molecule has 2 heteroatoms. The third kappa shape index (κ3) is 3.53. The van der Waals surface area contributed by atoms with E-state index in [-0.39, 0.29) is 0 Å². The predicted molar refractivity (Wildman–Crippen MR) is 68.6 cm³/mol. The summed E-state index contributed by atoms with van der Waals surface area (Å²) in [5.41, 5.74) is 1.94. The molecule has 0 bridgehead atoms. The van der Waals surface area contributed by atoms with Crippen LogP contribution in [-0.4, -0.2) is 11.7 Å². The molecule has 0 saturated carbocycles. The summed E-state index contributed by atoms with van der Waals surface area (Å²) in [5.74, 6) is 1.17.